The highest BCUT2D eigenvalue weighted by atomic mass is 35.5. The van der Waals surface area contributed by atoms with Crippen LogP contribution in [0, 0.1) is 0 Å². The normalized spacial score (nSPS) is 21.3. The fraction of sp³-hybridized carbons (Fsp3) is 0.364. The van der Waals surface area contributed by atoms with E-state index in [4.69, 9.17) is 11.6 Å². The van der Waals surface area contributed by atoms with Gasteiger partial charge in [-0.05, 0) is 24.3 Å². The standard InChI is InChI=1S/C11H12ClNOS/c12-9-3-1-8(2-4-9)11(14)10-7-15-6-5-13-10/h1-4,10,13H,5-7H2. The van der Waals surface area contributed by atoms with Crippen LogP contribution in [-0.4, -0.2) is 29.9 Å². The van der Waals surface area contributed by atoms with Crippen LogP contribution >= 0.6 is 23.4 Å². The smallest absolute Gasteiger partial charge is 0.180 e. The van der Waals surface area contributed by atoms with Crippen LogP contribution in [0.15, 0.2) is 24.3 Å². The quantitative estimate of drug-likeness (QED) is 0.806. The lowest BCUT2D eigenvalue weighted by molar-refractivity contribution is 0.0953. The van der Waals surface area contributed by atoms with Gasteiger partial charge >= 0.3 is 0 Å². The van der Waals surface area contributed by atoms with Gasteiger partial charge in [-0.2, -0.15) is 11.8 Å². The second-order valence-electron chi connectivity index (χ2n) is 3.45. The van der Waals surface area contributed by atoms with Crippen LogP contribution in [0.1, 0.15) is 10.4 Å². The van der Waals surface area contributed by atoms with Crippen molar-refractivity contribution in [1.82, 2.24) is 5.32 Å². The number of carbonyl (C=O) groups is 1. The minimum atomic E-state index is -0.0371. The summed E-state index contributed by atoms with van der Waals surface area (Å²) in [5, 5.41) is 3.89. The summed E-state index contributed by atoms with van der Waals surface area (Å²) < 4.78 is 0. The number of benzene rings is 1. The second-order valence-corrected chi connectivity index (χ2v) is 5.04. The largest absolute Gasteiger partial charge is 0.306 e. The van der Waals surface area contributed by atoms with Gasteiger partial charge in [-0.15, -0.1) is 0 Å². The molecule has 1 N–H and O–H groups in total. The van der Waals surface area contributed by atoms with Gasteiger partial charge in [0.15, 0.2) is 5.78 Å². The average molecular weight is 242 g/mol. The van der Waals surface area contributed by atoms with Crippen molar-refractivity contribution >= 4 is 29.1 Å². The zero-order valence-corrected chi connectivity index (χ0v) is 9.77. The fourth-order valence-corrected chi connectivity index (χ4v) is 2.61. The Balaban J connectivity index is 2.09. The predicted octanol–water partition coefficient (Wildman–Crippen LogP) is 2.23. The van der Waals surface area contributed by atoms with Crippen molar-refractivity contribution in [2.75, 3.05) is 18.1 Å². The summed E-state index contributed by atoms with van der Waals surface area (Å²) in [5.74, 6) is 2.12. The molecule has 0 aromatic heterocycles. The molecule has 1 aromatic carbocycles. The van der Waals surface area contributed by atoms with Gasteiger partial charge in [0.2, 0.25) is 0 Å². The summed E-state index contributed by atoms with van der Waals surface area (Å²) in [6.45, 7) is 0.911. The average Bonchev–Trinajstić information content (AvgIpc) is 2.30. The molecule has 0 spiro atoms. The van der Waals surface area contributed by atoms with Crippen molar-refractivity contribution in [3.05, 3.63) is 34.9 Å². The summed E-state index contributed by atoms with van der Waals surface area (Å²) in [4.78, 5) is 12.0. The van der Waals surface area contributed by atoms with Crippen LogP contribution in [-0.2, 0) is 0 Å². The van der Waals surface area contributed by atoms with Crippen LogP contribution < -0.4 is 5.32 Å². The first kappa shape index (κ1) is 11.0. The lowest BCUT2D eigenvalue weighted by Gasteiger charge is -2.21. The summed E-state index contributed by atoms with van der Waals surface area (Å²) in [7, 11) is 0. The van der Waals surface area contributed by atoms with E-state index in [1.165, 1.54) is 0 Å². The molecule has 1 atom stereocenters. The van der Waals surface area contributed by atoms with Crippen molar-refractivity contribution in [2.45, 2.75) is 6.04 Å². The maximum Gasteiger partial charge on any atom is 0.180 e. The van der Waals surface area contributed by atoms with E-state index in [9.17, 15) is 4.79 Å². The molecule has 1 saturated heterocycles. The molecule has 1 aliphatic rings. The van der Waals surface area contributed by atoms with Crippen molar-refractivity contribution < 1.29 is 4.79 Å². The van der Waals surface area contributed by atoms with Crippen molar-refractivity contribution in [3.8, 4) is 0 Å². The van der Waals surface area contributed by atoms with Gasteiger partial charge in [0.05, 0.1) is 6.04 Å². The van der Waals surface area contributed by atoms with E-state index in [1.54, 1.807) is 24.3 Å². The second kappa shape index (κ2) is 5.01. The van der Waals surface area contributed by atoms with Gasteiger partial charge in [0, 0.05) is 28.6 Å². The maximum absolute atomic E-state index is 12.0. The van der Waals surface area contributed by atoms with E-state index in [2.05, 4.69) is 5.32 Å². The molecule has 1 unspecified atom stereocenters. The van der Waals surface area contributed by atoms with E-state index in [0.29, 0.717) is 5.02 Å². The maximum atomic E-state index is 12.0. The highest BCUT2D eigenvalue weighted by molar-refractivity contribution is 7.99. The Morgan fingerprint density at radius 2 is 2.13 bits per heavy atom. The van der Waals surface area contributed by atoms with Crippen LogP contribution in [0.5, 0.6) is 0 Å². The van der Waals surface area contributed by atoms with E-state index in [-0.39, 0.29) is 11.8 Å². The molecule has 1 heterocycles. The molecule has 2 nitrogen and oxygen atoms in total. The SMILES string of the molecule is O=C(c1ccc(Cl)cc1)C1CSCCN1. The first-order valence-corrected chi connectivity index (χ1v) is 6.41. The molecular formula is C11H12ClNOS. The van der Waals surface area contributed by atoms with E-state index < -0.39 is 0 Å². The molecule has 0 amide bonds. The Morgan fingerprint density at radius 3 is 2.73 bits per heavy atom. The Labute approximate surface area is 98.4 Å². The number of carbonyl (C=O) groups excluding carboxylic acids is 1. The van der Waals surface area contributed by atoms with Gasteiger partial charge < -0.3 is 5.32 Å². The number of Topliss-reactive ketones (excluding diaryl/α,β-unsaturated/α-hetero) is 1. The highest BCUT2D eigenvalue weighted by Gasteiger charge is 2.21. The third-order valence-electron chi connectivity index (χ3n) is 2.37. The zero-order chi connectivity index (χ0) is 10.7. The van der Waals surface area contributed by atoms with Crippen molar-refractivity contribution in [3.63, 3.8) is 0 Å². The third-order valence-corrected chi connectivity index (χ3v) is 3.68. The van der Waals surface area contributed by atoms with Crippen molar-refractivity contribution in [1.29, 1.82) is 0 Å². The number of halogens is 1. The molecule has 1 aromatic rings. The summed E-state index contributed by atoms with van der Waals surface area (Å²) in [5.41, 5.74) is 0.736. The molecule has 0 saturated carbocycles. The van der Waals surface area contributed by atoms with E-state index in [0.717, 1.165) is 23.6 Å². The monoisotopic (exact) mass is 241 g/mol. The summed E-state index contributed by atoms with van der Waals surface area (Å²) >= 11 is 7.59. The Kier molecular flexibility index (Phi) is 3.67. The lowest BCUT2D eigenvalue weighted by atomic mass is 10.1. The van der Waals surface area contributed by atoms with Crippen LogP contribution in [0.4, 0.5) is 0 Å². The van der Waals surface area contributed by atoms with E-state index >= 15 is 0 Å². The molecule has 0 radical (unpaired) electrons. The molecule has 2 rings (SSSR count). The van der Waals surface area contributed by atoms with Crippen LogP contribution in [0.2, 0.25) is 5.02 Å². The van der Waals surface area contributed by atoms with E-state index in [1.807, 2.05) is 11.8 Å². The number of nitrogens with one attached hydrogen (secondary N) is 1. The number of hydrogen-bond donors (Lipinski definition) is 1. The Morgan fingerprint density at radius 1 is 1.40 bits per heavy atom. The highest BCUT2D eigenvalue weighted by Crippen LogP contribution is 2.15. The minimum Gasteiger partial charge on any atom is -0.306 e. The van der Waals surface area contributed by atoms with Crippen LogP contribution in [0.3, 0.4) is 0 Å². The molecule has 1 aliphatic heterocycles. The molecule has 4 heteroatoms. The third kappa shape index (κ3) is 2.74. The predicted molar refractivity (Wildman–Crippen MR) is 64.9 cm³/mol. The van der Waals surface area contributed by atoms with Gasteiger partial charge in [0.1, 0.15) is 0 Å². The summed E-state index contributed by atoms with van der Waals surface area (Å²) in [6.07, 6.45) is 0. The fourth-order valence-electron chi connectivity index (χ4n) is 1.55. The van der Waals surface area contributed by atoms with Crippen LogP contribution in [0.25, 0.3) is 0 Å². The molecule has 0 aliphatic carbocycles. The lowest BCUT2D eigenvalue weighted by Crippen LogP contribution is -2.43. The minimum absolute atomic E-state index is 0.0371. The topological polar surface area (TPSA) is 29.1 Å². The summed E-state index contributed by atoms with van der Waals surface area (Å²) in [6, 6.07) is 7.04. The van der Waals surface area contributed by atoms with Crippen molar-refractivity contribution in [2.24, 2.45) is 0 Å². The number of thioether (sulfide) groups is 1. The molecule has 0 bridgehead atoms. The van der Waals surface area contributed by atoms with Gasteiger partial charge in [0.25, 0.3) is 0 Å². The van der Waals surface area contributed by atoms with Gasteiger partial charge in [-0.25, -0.2) is 0 Å². The Bertz CT molecular complexity index is 346. The number of rotatable bonds is 2. The molecular weight excluding hydrogens is 230 g/mol. The van der Waals surface area contributed by atoms with Gasteiger partial charge in [-0.1, -0.05) is 11.6 Å². The first-order chi connectivity index (χ1) is 7.27. The Hall–Kier alpha value is -0.510. The number of hydrogen-bond acceptors (Lipinski definition) is 3. The number of ketones is 1. The first-order valence-electron chi connectivity index (χ1n) is 4.88. The molecule has 15 heavy (non-hydrogen) atoms. The molecule has 80 valence electrons. The van der Waals surface area contributed by atoms with Gasteiger partial charge in [-0.3, -0.25) is 4.79 Å². The molecule has 1 fully saturated rings. The zero-order valence-electron chi connectivity index (χ0n) is 8.20.